The molecule has 8 atom stereocenters. The van der Waals surface area contributed by atoms with Gasteiger partial charge < -0.3 is 45.1 Å². The molecule has 0 bridgehead atoms. The van der Waals surface area contributed by atoms with Crippen molar-refractivity contribution in [2.75, 3.05) is 13.2 Å². The van der Waals surface area contributed by atoms with Gasteiger partial charge in [0.1, 0.15) is 24.4 Å². The SMILES string of the molecule is CC/C=C/C=C/C=C/CCCCCCCCCC(=O)OC1C(OCC(NC(=O)C(O)CCCCCC/C=C\CCCC)C(O)/C=C/CCCCCCCCCCCC)OC(CO)C(O)C1O. The van der Waals surface area contributed by atoms with Crippen molar-refractivity contribution in [3.63, 3.8) is 0 Å². The van der Waals surface area contributed by atoms with Crippen molar-refractivity contribution in [1.29, 1.82) is 0 Å². The minimum Gasteiger partial charge on any atom is -0.454 e. The molecule has 1 aliphatic heterocycles. The second-order valence-corrected chi connectivity index (χ2v) is 18.3. The maximum absolute atomic E-state index is 13.3. The Balaban J connectivity index is 2.77. The molecule has 0 aromatic rings. The molecular weight excluding hydrogens is 835 g/mol. The number of hydrogen-bond donors (Lipinski definition) is 6. The van der Waals surface area contributed by atoms with Crippen LogP contribution in [-0.4, -0.2) is 99.6 Å². The summed E-state index contributed by atoms with van der Waals surface area (Å²) in [4.78, 5) is 26.3. The van der Waals surface area contributed by atoms with Crippen LogP contribution in [0.15, 0.2) is 60.8 Å². The lowest BCUT2D eigenvalue weighted by Gasteiger charge is -2.41. The molecule has 1 rings (SSSR count). The molecule has 1 heterocycles. The van der Waals surface area contributed by atoms with Crippen molar-refractivity contribution < 1.29 is 49.3 Å². The van der Waals surface area contributed by atoms with Gasteiger partial charge in [-0.1, -0.05) is 204 Å². The number of aliphatic hydroxyl groups excluding tert-OH is 5. The number of allylic oxidation sites excluding steroid dienone is 9. The summed E-state index contributed by atoms with van der Waals surface area (Å²) in [5.41, 5.74) is 0. The van der Waals surface area contributed by atoms with Crippen molar-refractivity contribution in [2.45, 2.75) is 262 Å². The third kappa shape index (κ3) is 32.2. The van der Waals surface area contributed by atoms with Gasteiger partial charge in [0.25, 0.3) is 0 Å². The van der Waals surface area contributed by atoms with Crippen LogP contribution in [0.4, 0.5) is 0 Å². The zero-order valence-electron chi connectivity index (χ0n) is 41.8. The zero-order chi connectivity index (χ0) is 48.3. The standard InChI is InChI=1S/C55H97NO10/c1-4-7-10-13-16-19-22-24-25-26-28-31-34-37-40-43-50(60)66-53-52(62)51(61)49(44-57)65-55(53)64-45-46(47(58)41-38-35-32-30-27-23-20-17-14-11-8-5-2)56-54(63)48(59)42-39-36-33-29-21-18-15-12-9-6-3/h7,10,13,15-16,18-19,22,38,41,46-49,51-53,55,57-59,61-62H,4-6,8-9,11-12,14,17,20-21,23-37,39-40,42-45H2,1-3H3,(H,56,63)/b10-7+,16-13+,18-15-,22-19+,41-38+. The van der Waals surface area contributed by atoms with Crippen molar-refractivity contribution in [2.24, 2.45) is 0 Å². The van der Waals surface area contributed by atoms with Crippen LogP contribution in [0.1, 0.15) is 213 Å². The van der Waals surface area contributed by atoms with E-state index in [-0.39, 0.29) is 19.4 Å². The number of esters is 1. The summed E-state index contributed by atoms with van der Waals surface area (Å²) < 4.78 is 17.5. The number of nitrogens with one attached hydrogen (secondary N) is 1. The van der Waals surface area contributed by atoms with E-state index in [1.807, 2.05) is 12.2 Å². The van der Waals surface area contributed by atoms with Crippen LogP contribution in [0.25, 0.3) is 0 Å². The van der Waals surface area contributed by atoms with Gasteiger partial charge in [0.2, 0.25) is 5.91 Å². The Bertz CT molecular complexity index is 1300. The van der Waals surface area contributed by atoms with Gasteiger partial charge in [0.05, 0.1) is 25.4 Å². The van der Waals surface area contributed by atoms with Crippen LogP contribution in [0.5, 0.6) is 0 Å². The highest BCUT2D eigenvalue weighted by molar-refractivity contribution is 5.80. The number of ether oxygens (including phenoxy) is 3. The summed E-state index contributed by atoms with van der Waals surface area (Å²) in [6.07, 6.45) is 41.3. The van der Waals surface area contributed by atoms with Crippen molar-refractivity contribution in [3.8, 4) is 0 Å². The minimum atomic E-state index is -1.62. The van der Waals surface area contributed by atoms with Gasteiger partial charge in [-0.2, -0.15) is 0 Å². The summed E-state index contributed by atoms with van der Waals surface area (Å²) in [5.74, 6) is -1.22. The maximum Gasteiger partial charge on any atom is 0.306 e. The number of rotatable bonds is 43. The minimum absolute atomic E-state index is 0.108. The smallest absolute Gasteiger partial charge is 0.306 e. The third-order valence-corrected chi connectivity index (χ3v) is 12.2. The largest absolute Gasteiger partial charge is 0.454 e. The van der Waals surface area contributed by atoms with Gasteiger partial charge in [0.15, 0.2) is 12.4 Å². The molecule has 0 aromatic heterocycles. The number of amides is 1. The van der Waals surface area contributed by atoms with Crippen LogP contribution in [0.3, 0.4) is 0 Å². The second kappa shape index (κ2) is 43.6. The molecule has 1 amide bonds. The number of aliphatic hydroxyl groups is 5. The molecule has 6 N–H and O–H groups in total. The van der Waals surface area contributed by atoms with Gasteiger partial charge in [0, 0.05) is 6.42 Å². The lowest BCUT2D eigenvalue weighted by molar-refractivity contribution is -0.305. The van der Waals surface area contributed by atoms with E-state index < -0.39 is 67.4 Å². The average molecular weight is 932 g/mol. The molecule has 0 aromatic carbocycles. The Labute approximate surface area is 401 Å². The average Bonchev–Trinajstić information content (AvgIpc) is 3.31. The first-order valence-electron chi connectivity index (χ1n) is 26.6. The lowest BCUT2D eigenvalue weighted by atomic mass is 9.99. The fourth-order valence-electron chi connectivity index (χ4n) is 7.92. The first kappa shape index (κ1) is 61.4. The van der Waals surface area contributed by atoms with Crippen molar-refractivity contribution in [3.05, 3.63) is 60.8 Å². The monoisotopic (exact) mass is 932 g/mol. The molecule has 66 heavy (non-hydrogen) atoms. The summed E-state index contributed by atoms with van der Waals surface area (Å²) in [6.45, 7) is 5.56. The fourth-order valence-corrected chi connectivity index (χ4v) is 7.92. The number of hydrogen-bond acceptors (Lipinski definition) is 10. The lowest BCUT2D eigenvalue weighted by Crippen LogP contribution is -2.61. The molecule has 1 saturated heterocycles. The van der Waals surface area contributed by atoms with E-state index in [0.29, 0.717) is 12.8 Å². The van der Waals surface area contributed by atoms with Gasteiger partial charge in [-0.05, 0) is 64.2 Å². The van der Waals surface area contributed by atoms with E-state index in [0.717, 1.165) is 103 Å². The molecule has 1 aliphatic rings. The molecule has 1 fully saturated rings. The van der Waals surface area contributed by atoms with Crippen LogP contribution >= 0.6 is 0 Å². The highest BCUT2D eigenvalue weighted by atomic mass is 16.7. The molecule has 0 aliphatic carbocycles. The number of unbranched alkanes of at least 4 members (excludes halogenated alkanes) is 23. The summed E-state index contributed by atoms with van der Waals surface area (Å²) in [5, 5.41) is 56.6. The third-order valence-electron chi connectivity index (χ3n) is 12.2. The topological polar surface area (TPSA) is 175 Å². The molecule has 0 spiro atoms. The van der Waals surface area contributed by atoms with E-state index in [2.05, 4.69) is 68.6 Å². The van der Waals surface area contributed by atoms with Gasteiger partial charge in [-0.25, -0.2) is 0 Å². The van der Waals surface area contributed by atoms with Crippen molar-refractivity contribution in [1.82, 2.24) is 5.32 Å². The van der Waals surface area contributed by atoms with Crippen LogP contribution in [0.2, 0.25) is 0 Å². The fraction of sp³-hybridized carbons (Fsp3) is 0.782. The van der Waals surface area contributed by atoms with Crippen LogP contribution < -0.4 is 5.32 Å². The Morgan fingerprint density at radius 2 is 1.12 bits per heavy atom. The number of carbonyl (C=O) groups is 2. The van der Waals surface area contributed by atoms with Gasteiger partial charge in [-0.15, -0.1) is 0 Å². The Hall–Kier alpha value is -2.64. The van der Waals surface area contributed by atoms with E-state index >= 15 is 0 Å². The van der Waals surface area contributed by atoms with E-state index in [4.69, 9.17) is 14.2 Å². The summed E-state index contributed by atoms with van der Waals surface area (Å²) in [7, 11) is 0. The molecule has 382 valence electrons. The quantitative estimate of drug-likeness (QED) is 0.0149. The Morgan fingerprint density at radius 1 is 0.606 bits per heavy atom. The normalized spacial score (nSPS) is 20.6. The van der Waals surface area contributed by atoms with Crippen molar-refractivity contribution >= 4 is 11.9 Å². The van der Waals surface area contributed by atoms with Gasteiger partial charge in [-0.3, -0.25) is 9.59 Å². The highest BCUT2D eigenvalue weighted by Gasteiger charge is 2.47. The Morgan fingerprint density at radius 3 is 1.71 bits per heavy atom. The Kier molecular flexibility index (Phi) is 40.6. The molecule has 0 saturated carbocycles. The highest BCUT2D eigenvalue weighted by Crippen LogP contribution is 2.26. The number of carbonyl (C=O) groups excluding carboxylic acids is 2. The summed E-state index contributed by atoms with van der Waals surface area (Å²) >= 11 is 0. The summed E-state index contributed by atoms with van der Waals surface area (Å²) in [6, 6.07) is -1.03. The maximum atomic E-state index is 13.3. The molecule has 0 radical (unpaired) electrons. The first-order valence-corrected chi connectivity index (χ1v) is 26.6. The first-order chi connectivity index (χ1) is 32.2. The van der Waals surface area contributed by atoms with E-state index in [9.17, 15) is 35.1 Å². The van der Waals surface area contributed by atoms with E-state index in [1.165, 1.54) is 64.2 Å². The molecule has 11 heteroatoms. The van der Waals surface area contributed by atoms with E-state index in [1.54, 1.807) is 6.08 Å². The van der Waals surface area contributed by atoms with Crippen LogP contribution in [0, 0.1) is 0 Å². The molecule has 8 unspecified atom stereocenters. The molecular formula is C55H97NO10. The second-order valence-electron chi connectivity index (χ2n) is 18.3. The van der Waals surface area contributed by atoms with Gasteiger partial charge >= 0.3 is 5.97 Å². The molecule has 11 nitrogen and oxygen atoms in total. The zero-order valence-corrected chi connectivity index (χ0v) is 41.8. The predicted octanol–water partition coefficient (Wildman–Crippen LogP) is 11.1. The predicted molar refractivity (Wildman–Crippen MR) is 269 cm³/mol. The van der Waals surface area contributed by atoms with Crippen LogP contribution in [-0.2, 0) is 23.8 Å².